The average Bonchev–Trinajstić information content (AvgIpc) is 2.71. The van der Waals surface area contributed by atoms with Crippen LogP contribution in [0.15, 0.2) is 0 Å². The zero-order valence-corrected chi connectivity index (χ0v) is 12.3. The van der Waals surface area contributed by atoms with Gasteiger partial charge in [0, 0.05) is 25.5 Å². The van der Waals surface area contributed by atoms with Crippen LogP contribution in [0.1, 0.15) is 47.0 Å². The van der Waals surface area contributed by atoms with Gasteiger partial charge in [-0.3, -0.25) is 4.79 Å². The summed E-state index contributed by atoms with van der Waals surface area (Å²) in [5.41, 5.74) is -0.510. The topological polar surface area (TPSA) is 66.8 Å². The summed E-state index contributed by atoms with van der Waals surface area (Å²) >= 11 is 0. The first-order valence-corrected chi connectivity index (χ1v) is 6.97. The third kappa shape index (κ3) is 3.93. The number of aliphatic hydroxyl groups is 1. The molecule has 1 amide bonds. The van der Waals surface area contributed by atoms with E-state index in [0.717, 1.165) is 6.42 Å². The van der Waals surface area contributed by atoms with E-state index in [1.807, 2.05) is 27.7 Å². The Labute approximate surface area is 114 Å². The summed E-state index contributed by atoms with van der Waals surface area (Å²) in [7, 11) is 0. The lowest BCUT2D eigenvalue weighted by Crippen LogP contribution is -2.45. The van der Waals surface area contributed by atoms with Crippen LogP contribution in [0, 0.1) is 5.92 Å². The molecular weight excluding hydrogens is 246 g/mol. The Morgan fingerprint density at radius 3 is 2.58 bits per heavy atom. The summed E-state index contributed by atoms with van der Waals surface area (Å²) < 4.78 is 5.47. The Morgan fingerprint density at radius 2 is 2.16 bits per heavy atom. The van der Waals surface area contributed by atoms with Crippen molar-refractivity contribution in [3.8, 4) is 0 Å². The van der Waals surface area contributed by atoms with Crippen molar-refractivity contribution in [3.63, 3.8) is 0 Å². The first-order valence-electron chi connectivity index (χ1n) is 6.97. The second-order valence-corrected chi connectivity index (χ2v) is 5.76. The van der Waals surface area contributed by atoms with Crippen LogP contribution in [0.2, 0.25) is 0 Å². The second kappa shape index (κ2) is 6.37. The highest BCUT2D eigenvalue weighted by Crippen LogP contribution is 2.23. The van der Waals surface area contributed by atoms with Gasteiger partial charge in [0.1, 0.15) is 11.6 Å². The smallest absolute Gasteiger partial charge is 0.329 e. The molecule has 5 heteroatoms. The highest BCUT2D eigenvalue weighted by Gasteiger charge is 2.38. The largest absolute Gasteiger partial charge is 0.458 e. The van der Waals surface area contributed by atoms with E-state index in [0.29, 0.717) is 19.4 Å². The number of likely N-dealkylation sites (tertiary alicyclic amines) is 1. The fraction of sp³-hybridized carbons (Fsp3) is 0.857. The van der Waals surface area contributed by atoms with Gasteiger partial charge in [-0.15, -0.1) is 0 Å². The maximum atomic E-state index is 12.2. The van der Waals surface area contributed by atoms with Crippen molar-refractivity contribution < 1.29 is 19.4 Å². The summed E-state index contributed by atoms with van der Waals surface area (Å²) in [4.78, 5) is 25.6. The van der Waals surface area contributed by atoms with Gasteiger partial charge < -0.3 is 14.7 Å². The van der Waals surface area contributed by atoms with Crippen LogP contribution in [0.5, 0.6) is 0 Å². The molecule has 110 valence electrons. The molecule has 1 heterocycles. The third-order valence-corrected chi connectivity index (χ3v) is 3.76. The van der Waals surface area contributed by atoms with Gasteiger partial charge in [-0.25, -0.2) is 4.79 Å². The number of rotatable bonds is 6. The standard InChI is InChI=1S/C14H25NO4/c1-5-11(13(18)19-14(3,4)6-2)15-8-10(9-16)7-12(15)17/h10-11,16H,5-9H2,1-4H3/t10?,11-/m0/s1. The van der Waals surface area contributed by atoms with Crippen molar-refractivity contribution in [1.29, 1.82) is 0 Å². The maximum Gasteiger partial charge on any atom is 0.329 e. The van der Waals surface area contributed by atoms with Gasteiger partial charge in [0.05, 0.1) is 0 Å². The average molecular weight is 271 g/mol. The summed E-state index contributed by atoms with van der Waals surface area (Å²) in [5.74, 6) is -0.480. The molecule has 0 radical (unpaired) electrons. The van der Waals surface area contributed by atoms with Gasteiger partial charge in [-0.05, 0) is 26.7 Å². The molecular formula is C14H25NO4. The minimum absolute atomic E-state index is 0.0197. The molecule has 1 aliphatic rings. The lowest BCUT2D eigenvalue weighted by molar-refractivity contribution is -0.165. The Bertz CT molecular complexity index is 340. The quantitative estimate of drug-likeness (QED) is 0.740. The van der Waals surface area contributed by atoms with E-state index in [1.54, 1.807) is 4.90 Å². The lowest BCUT2D eigenvalue weighted by Gasteiger charge is -2.30. The molecule has 2 atom stereocenters. The van der Waals surface area contributed by atoms with Crippen LogP contribution in [0.3, 0.4) is 0 Å². The van der Waals surface area contributed by atoms with Crippen LogP contribution < -0.4 is 0 Å². The Morgan fingerprint density at radius 1 is 1.53 bits per heavy atom. The van der Waals surface area contributed by atoms with E-state index in [-0.39, 0.29) is 24.4 Å². The molecule has 0 aromatic heterocycles. The molecule has 0 saturated carbocycles. The number of carbonyl (C=O) groups excluding carboxylic acids is 2. The van der Waals surface area contributed by atoms with Crippen LogP contribution >= 0.6 is 0 Å². The van der Waals surface area contributed by atoms with Gasteiger partial charge in [-0.2, -0.15) is 0 Å². The van der Waals surface area contributed by atoms with Crippen LogP contribution in [0.4, 0.5) is 0 Å². The van der Waals surface area contributed by atoms with Gasteiger partial charge in [0.15, 0.2) is 0 Å². The van der Waals surface area contributed by atoms with Crippen LogP contribution in [0.25, 0.3) is 0 Å². The van der Waals surface area contributed by atoms with Crippen LogP contribution in [-0.2, 0) is 14.3 Å². The summed E-state index contributed by atoms with van der Waals surface area (Å²) in [6.45, 7) is 7.96. The summed E-state index contributed by atoms with van der Waals surface area (Å²) in [6.07, 6.45) is 1.57. The maximum absolute atomic E-state index is 12.2. The number of ether oxygens (including phenoxy) is 1. The highest BCUT2D eigenvalue weighted by molar-refractivity contribution is 5.86. The van der Waals surface area contributed by atoms with E-state index in [2.05, 4.69) is 0 Å². The number of carbonyl (C=O) groups is 2. The number of esters is 1. The van der Waals surface area contributed by atoms with E-state index in [9.17, 15) is 9.59 Å². The van der Waals surface area contributed by atoms with E-state index >= 15 is 0 Å². The molecule has 0 aromatic carbocycles. The van der Waals surface area contributed by atoms with E-state index in [4.69, 9.17) is 9.84 Å². The van der Waals surface area contributed by atoms with E-state index in [1.165, 1.54) is 0 Å². The molecule has 0 spiro atoms. The fourth-order valence-corrected chi connectivity index (χ4v) is 2.16. The first kappa shape index (κ1) is 16.0. The molecule has 1 aliphatic heterocycles. The fourth-order valence-electron chi connectivity index (χ4n) is 2.16. The number of nitrogens with zero attached hydrogens (tertiary/aromatic N) is 1. The Balaban J connectivity index is 2.73. The molecule has 5 nitrogen and oxygen atoms in total. The Hall–Kier alpha value is -1.10. The molecule has 0 aliphatic carbocycles. The predicted octanol–water partition coefficient (Wildman–Crippen LogP) is 1.34. The number of hydrogen-bond donors (Lipinski definition) is 1. The first-order chi connectivity index (χ1) is 8.84. The lowest BCUT2D eigenvalue weighted by atomic mass is 10.1. The normalized spacial score (nSPS) is 21.6. The number of aliphatic hydroxyl groups excluding tert-OH is 1. The molecule has 1 fully saturated rings. The highest BCUT2D eigenvalue weighted by atomic mass is 16.6. The van der Waals surface area contributed by atoms with Crippen molar-refractivity contribution in [2.24, 2.45) is 5.92 Å². The van der Waals surface area contributed by atoms with Gasteiger partial charge in [0.25, 0.3) is 0 Å². The van der Waals surface area contributed by atoms with Gasteiger partial charge in [0.2, 0.25) is 5.91 Å². The van der Waals surface area contributed by atoms with E-state index < -0.39 is 11.6 Å². The van der Waals surface area contributed by atoms with Crippen molar-refractivity contribution in [1.82, 2.24) is 4.90 Å². The minimum Gasteiger partial charge on any atom is -0.458 e. The Kier molecular flexibility index (Phi) is 5.35. The molecule has 0 aromatic rings. The zero-order valence-electron chi connectivity index (χ0n) is 12.3. The second-order valence-electron chi connectivity index (χ2n) is 5.76. The summed E-state index contributed by atoms with van der Waals surface area (Å²) in [5, 5.41) is 9.12. The van der Waals surface area contributed by atoms with Crippen molar-refractivity contribution >= 4 is 11.9 Å². The number of hydrogen-bond acceptors (Lipinski definition) is 4. The zero-order chi connectivity index (χ0) is 14.6. The summed E-state index contributed by atoms with van der Waals surface area (Å²) in [6, 6.07) is -0.533. The van der Waals surface area contributed by atoms with Gasteiger partial charge >= 0.3 is 5.97 Å². The SMILES string of the molecule is CC[C@@H](C(=O)OC(C)(C)CC)N1CC(CO)CC1=O. The molecule has 1 unspecified atom stereocenters. The molecule has 19 heavy (non-hydrogen) atoms. The molecule has 1 N–H and O–H groups in total. The van der Waals surface area contributed by atoms with Crippen molar-refractivity contribution in [2.75, 3.05) is 13.2 Å². The van der Waals surface area contributed by atoms with Crippen LogP contribution in [-0.4, -0.2) is 46.7 Å². The molecule has 1 rings (SSSR count). The third-order valence-electron chi connectivity index (χ3n) is 3.76. The van der Waals surface area contributed by atoms with Crippen molar-refractivity contribution in [3.05, 3.63) is 0 Å². The minimum atomic E-state index is -0.533. The predicted molar refractivity (Wildman–Crippen MR) is 71.4 cm³/mol. The van der Waals surface area contributed by atoms with Crippen molar-refractivity contribution in [2.45, 2.75) is 58.6 Å². The number of amides is 1. The van der Waals surface area contributed by atoms with Gasteiger partial charge in [-0.1, -0.05) is 13.8 Å². The monoisotopic (exact) mass is 271 g/mol. The molecule has 1 saturated heterocycles. The molecule has 0 bridgehead atoms.